The summed E-state index contributed by atoms with van der Waals surface area (Å²) in [6, 6.07) is 6.22. The van der Waals surface area contributed by atoms with Gasteiger partial charge in [-0.15, -0.1) is 0 Å². The van der Waals surface area contributed by atoms with Crippen LogP contribution in [-0.2, 0) is 4.79 Å². The Morgan fingerprint density at radius 3 is 2.71 bits per heavy atom. The number of benzene rings is 1. The monoisotopic (exact) mass is 303 g/mol. The van der Waals surface area contributed by atoms with Crippen molar-refractivity contribution in [2.45, 2.75) is 31.2 Å². The molecule has 21 heavy (non-hydrogen) atoms. The summed E-state index contributed by atoms with van der Waals surface area (Å²) in [6.07, 6.45) is 3.72. The largest absolute Gasteiger partial charge is 0.348 e. The highest BCUT2D eigenvalue weighted by atomic mass is 32.2. The van der Waals surface area contributed by atoms with Crippen LogP contribution in [0.1, 0.15) is 18.1 Å². The number of aryl methyl sites for hydroxylation is 1. The molecule has 1 amide bonds. The Morgan fingerprint density at radius 2 is 2.05 bits per heavy atom. The Morgan fingerprint density at radius 1 is 1.33 bits per heavy atom. The zero-order valence-corrected chi connectivity index (χ0v) is 13.9. The number of aromatic nitrogens is 2. The first-order valence-corrected chi connectivity index (χ1v) is 7.77. The number of nitrogens with zero attached hydrogens (tertiary/aromatic N) is 3. The number of rotatable bonds is 4. The summed E-state index contributed by atoms with van der Waals surface area (Å²) >= 11 is 1.48. The molecule has 0 aliphatic heterocycles. The van der Waals surface area contributed by atoms with Crippen molar-refractivity contribution in [3.8, 4) is 5.69 Å². The van der Waals surface area contributed by atoms with E-state index in [1.807, 2.05) is 23.8 Å². The summed E-state index contributed by atoms with van der Waals surface area (Å²) in [5.41, 5.74) is 3.58. The van der Waals surface area contributed by atoms with E-state index in [0.29, 0.717) is 0 Å². The molecule has 0 saturated heterocycles. The van der Waals surface area contributed by atoms with Gasteiger partial charge in [0, 0.05) is 26.5 Å². The third kappa shape index (κ3) is 3.29. The maximum atomic E-state index is 12.0. The van der Waals surface area contributed by atoms with E-state index in [-0.39, 0.29) is 11.2 Å². The first-order chi connectivity index (χ1) is 9.91. The van der Waals surface area contributed by atoms with Crippen molar-refractivity contribution in [3.05, 3.63) is 41.7 Å². The standard InChI is InChI=1S/C16H21N3OS/c1-11-7-6-8-14(12(11)2)19-10-9-17-16(19)21-13(3)15(20)18(4)5/h6-10,13H,1-5H3. The maximum absolute atomic E-state index is 12.0. The summed E-state index contributed by atoms with van der Waals surface area (Å²) in [5, 5.41) is 0.678. The molecule has 1 heterocycles. The lowest BCUT2D eigenvalue weighted by Gasteiger charge is -2.17. The van der Waals surface area contributed by atoms with Gasteiger partial charge in [-0.3, -0.25) is 9.36 Å². The van der Waals surface area contributed by atoms with Gasteiger partial charge in [0.25, 0.3) is 0 Å². The summed E-state index contributed by atoms with van der Waals surface area (Å²) in [7, 11) is 3.55. The molecule has 0 aliphatic rings. The Balaban J connectivity index is 2.31. The fourth-order valence-electron chi connectivity index (χ4n) is 2.13. The van der Waals surface area contributed by atoms with Gasteiger partial charge in [0.15, 0.2) is 5.16 Å². The minimum Gasteiger partial charge on any atom is -0.348 e. The second-order valence-corrected chi connectivity index (χ2v) is 6.60. The first-order valence-electron chi connectivity index (χ1n) is 6.89. The highest BCUT2D eigenvalue weighted by molar-refractivity contribution is 8.00. The normalized spacial score (nSPS) is 12.2. The number of hydrogen-bond acceptors (Lipinski definition) is 3. The molecule has 0 radical (unpaired) electrons. The van der Waals surface area contributed by atoms with Gasteiger partial charge in [-0.1, -0.05) is 23.9 Å². The van der Waals surface area contributed by atoms with Crippen molar-refractivity contribution in [3.63, 3.8) is 0 Å². The van der Waals surface area contributed by atoms with Gasteiger partial charge < -0.3 is 4.90 Å². The van der Waals surface area contributed by atoms with Crippen LogP contribution in [0.4, 0.5) is 0 Å². The average molecular weight is 303 g/mol. The van der Waals surface area contributed by atoms with Gasteiger partial charge >= 0.3 is 0 Å². The molecule has 0 bridgehead atoms. The molecule has 2 rings (SSSR count). The van der Waals surface area contributed by atoms with E-state index in [2.05, 4.69) is 31.0 Å². The van der Waals surface area contributed by atoms with E-state index in [0.717, 1.165) is 10.8 Å². The first kappa shape index (κ1) is 15.6. The molecule has 112 valence electrons. The van der Waals surface area contributed by atoms with Gasteiger partial charge in [-0.2, -0.15) is 0 Å². The fourth-order valence-corrected chi connectivity index (χ4v) is 3.15. The number of carbonyl (C=O) groups excluding carboxylic acids is 1. The molecule has 1 aromatic carbocycles. The molecule has 0 fully saturated rings. The second-order valence-electron chi connectivity index (χ2n) is 5.29. The van der Waals surface area contributed by atoms with Crippen LogP contribution in [0.3, 0.4) is 0 Å². The third-order valence-corrected chi connectivity index (χ3v) is 4.58. The van der Waals surface area contributed by atoms with Crippen molar-refractivity contribution >= 4 is 17.7 Å². The Kier molecular flexibility index (Phi) is 4.73. The number of carbonyl (C=O) groups is 1. The van der Waals surface area contributed by atoms with E-state index in [1.54, 1.807) is 25.2 Å². The van der Waals surface area contributed by atoms with Gasteiger partial charge in [0.1, 0.15) is 0 Å². The number of amides is 1. The fraction of sp³-hybridized carbons (Fsp3) is 0.375. The highest BCUT2D eigenvalue weighted by Gasteiger charge is 2.19. The molecule has 0 aliphatic carbocycles. The van der Waals surface area contributed by atoms with E-state index < -0.39 is 0 Å². The molecule has 5 heteroatoms. The van der Waals surface area contributed by atoms with Gasteiger partial charge in [-0.25, -0.2) is 4.98 Å². The lowest BCUT2D eigenvalue weighted by atomic mass is 10.1. The zero-order valence-electron chi connectivity index (χ0n) is 13.1. The van der Waals surface area contributed by atoms with E-state index in [1.165, 1.54) is 22.9 Å². The lowest BCUT2D eigenvalue weighted by Crippen LogP contribution is -2.29. The Bertz CT molecular complexity index is 649. The van der Waals surface area contributed by atoms with Crippen LogP contribution in [0.15, 0.2) is 35.7 Å². The predicted octanol–water partition coefficient (Wildman–Crippen LogP) is 3.06. The van der Waals surface area contributed by atoms with E-state index in [9.17, 15) is 4.79 Å². The van der Waals surface area contributed by atoms with Gasteiger partial charge in [0.05, 0.1) is 10.9 Å². The quantitative estimate of drug-likeness (QED) is 0.815. The molecule has 0 spiro atoms. The molecule has 0 N–H and O–H groups in total. The molecule has 4 nitrogen and oxygen atoms in total. The van der Waals surface area contributed by atoms with Crippen molar-refractivity contribution in [2.24, 2.45) is 0 Å². The summed E-state index contributed by atoms with van der Waals surface area (Å²) in [5.74, 6) is 0.0931. The smallest absolute Gasteiger partial charge is 0.235 e. The van der Waals surface area contributed by atoms with Crippen LogP contribution >= 0.6 is 11.8 Å². The van der Waals surface area contributed by atoms with Crippen LogP contribution < -0.4 is 0 Å². The Labute approximate surface area is 130 Å². The van der Waals surface area contributed by atoms with Crippen LogP contribution in [0.5, 0.6) is 0 Å². The summed E-state index contributed by atoms with van der Waals surface area (Å²) in [6.45, 7) is 6.11. The SMILES string of the molecule is Cc1cccc(-n2ccnc2SC(C)C(=O)N(C)C)c1C. The number of imidazole rings is 1. The third-order valence-electron chi connectivity index (χ3n) is 3.51. The minimum absolute atomic E-state index is 0.0931. The maximum Gasteiger partial charge on any atom is 0.235 e. The molecule has 0 saturated carbocycles. The number of thioether (sulfide) groups is 1. The second kappa shape index (κ2) is 6.35. The lowest BCUT2D eigenvalue weighted by molar-refractivity contribution is -0.127. The van der Waals surface area contributed by atoms with Gasteiger partial charge in [-0.05, 0) is 38.0 Å². The summed E-state index contributed by atoms with van der Waals surface area (Å²) in [4.78, 5) is 18.0. The molecular formula is C16H21N3OS. The van der Waals surface area contributed by atoms with Crippen molar-refractivity contribution in [2.75, 3.05) is 14.1 Å². The molecular weight excluding hydrogens is 282 g/mol. The molecule has 1 aromatic heterocycles. The van der Waals surface area contributed by atoms with Crippen LogP contribution in [0.25, 0.3) is 5.69 Å². The molecule has 2 aromatic rings. The Hall–Kier alpha value is -1.75. The van der Waals surface area contributed by atoms with Crippen molar-refractivity contribution < 1.29 is 4.79 Å². The van der Waals surface area contributed by atoms with Crippen LogP contribution in [0, 0.1) is 13.8 Å². The molecule has 1 unspecified atom stereocenters. The highest BCUT2D eigenvalue weighted by Crippen LogP contribution is 2.27. The van der Waals surface area contributed by atoms with Crippen LogP contribution in [0.2, 0.25) is 0 Å². The van der Waals surface area contributed by atoms with Crippen LogP contribution in [-0.4, -0.2) is 39.7 Å². The van der Waals surface area contributed by atoms with E-state index in [4.69, 9.17) is 0 Å². The van der Waals surface area contributed by atoms with Crippen molar-refractivity contribution in [1.82, 2.24) is 14.5 Å². The van der Waals surface area contributed by atoms with E-state index >= 15 is 0 Å². The zero-order chi connectivity index (χ0) is 15.6. The predicted molar refractivity (Wildman–Crippen MR) is 87.1 cm³/mol. The minimum atomic E-state index is -0.161. The number of hydrogen-bond donors (Lipinski definition) is 0. The molecule has 1 atom stereocenters. The average Bonchev–Trinajstić information content (AvgIpc) is 2.88. The summed E-state index contributed by atoms with van der Waals surface area (Å²) < 4.78 is 2.05. The van der Waals surface area contributed by atoms with Crippen molar-refractivity contribution in [1.29, 1.82) is 0 Å². The topological polar surface area (TPSA) is 38.1 Å². The van der Waals surface area contributed by atoms with Gasteiger partial charge in [0.2, 0.25) is 5.91 Å².